The van der Waals surface area contributed by atoms with Crippen LogP contribution >= 0.6 is 0 Å². The van der Waals surface area contributed by atoms with Crippen LogP contribution < -0.4 is 15.5 Å². The minimum atomic E-state index is 0.765. The number of nitrogens with zero attached hydrogens (tertiary/aromatic N) is 5. The number of aromatic nitrogens is 5. The van der Waals surface area contributed by atoms with E-state index in [1.807, 2.05) is 30.3 Å². The summed E-state index contributed by atoms with van der Waals surface area (Å²) < 4.78 is 0. The molecule has 122 valence electrons. The monoisotopic (exact) mass is 322 g/mol. The van der Waals surface area contributed by atoms with Crippen molar-refractivity contribution in [2.75, 3.05) is 36.4 Å². The van der Waals surface area contributed by atoms with Gasteiger partial charge in [0.1, 0.15) is 11.5 Å². The lowest BCUT2D eigenvalue weighted by atomic mass is 10.1. The normalized spacial score (nSPS) is 14.6. The number of hydrogen-bond acceptors (Lipinski definition) is 7. The minimum absolute atomic E-state index is 0.765. The highest BCUT2D eigenvalue weighted by molar-refractivity contribution is 5.64. The zero-order valence-corrected chi connectivity index (χ0v) is 13.1. The summed E-state index contributed by atoms with van der Waals surface area (Å²) in [6.45, 7) is 3.78. The minimum Gasteiger partial charge on any atom is -0.340 e. The second kappa shape index (κ2) is 6.63. The van der Waals surface area contributed by atoms with Gasteiger partial charge in [0, 0.05) is 43.6 Å². The SMILES string of the molecule is c1cc(Nc2ccc(-c3cn[nH]n3)cc2)nc(N2CCNCC2)n1. The molecule has 4 rings (SSSR count). The number of anilines is 3. The van der Waals surface area contributed by atoms with Crippen LogP contribution in [0.2, 0.25) is 0 Å². The first-order valence-corrected chi connectivity index (χ1v) is 7.90. The molecular formula is C16H18N8. The fourth-order valence-corrected chi connectivity index (χ4v) is 2.65. The molecule has 0 bridgehead atoms. The Hall–Kier alpha value is -3.00. The molecule has 0 aliphatic carbocycles. The highest BCUT2D eigenvalue weighted by Crippen LogP contribution is 2.21. The van der Waals surface area contributed by atoms with E-state index < -0.39 is 0 Å². The largest absolute Gasteiger partial charge is 0.340 e. The van der Waals surface area contributed by atoms with Gasteiger partial charge in [0.25, 0.3) is 0 Å². The summed E-state index contributed by atoms with van der Waals surface area (Å²) >= 11 is 0. The van der Waals surface area contributed by atoms with Crippen molar-refractivity contribution in [2.24, 2.45) is 0 Å². The number of nitrogens with one attached hydrogen (secondary N) is 3. The Labute approximate surface area is 139 Å². The van der Waals surface area contributed by atoms with Crippen molar-refractivity contribution in [2.45, 2.75) is 0 Å². The molecule has 3 aromatic rings. The van der Waals surface area contributed by atoms with Gasteiger partial charge in [0.15, 0.2) is 0 Å². The van der Waals surface area contributed by atoms with Crippen LogP contribution in [0.1, 0.15) is 0 Å². The summed E-state index contributed by atoms with van der Waals surface area (Å²) in [7, 11) is 0. The molecule has 3 N–H and O–H groups in total. The van der Waals surface area contributed by atoms with Gasteiger partial charge in [0.2, 0.25) is 5.95 Å². The molecule has 0 unspecified atom stereocenters. The summed E-state index contributed by atoms with van der Waals surface area (Å²) in [6, 6.07) is 9.86. The van der Waals surface area contributed by atoms with E-state index in [1.54, 1.807) is 12.4 Å². The quantitative estimate of drug-likeness (QED) is 0.668. The van der Waals surface area contributed by atoms with E-state index in [4.69, 9.17) is 0 Å². The second-order valence-electron chi connectivity index (χ2n) is 5.54. The Morgan fingerprint density at radius 3 is 2.62 bits per heavy atom. The van der Waals surface area contributed by atoms with Crippen LogP contribution in [-0.2, 0) is 0 Å². The number of piperazine rings is 1. The van der Waals surface area contributed by atoms with E-state index in [0.717, 1.165) is 54.9 Å². The van der Waals surface area contributed by atoms with Gasteiger partial charge in [0.05, 0.1) is 6.20 Å². The molecule has 1 fully saturated rings. The van der Waals surface area contributed by atoms with Crippen LogP contribution in [-0.4, -0.2) is 51.6 Å². The van der Waals surface area contributed by atoms with Gasteiger partial charge in [-0.15, -0.1) is 0 Å². The predicted octanol–water partition coefficient (Wildman–Crippen LogP) is 1.41. The molecule has 8 nitrogen and oxygen atoms in total. The first-order chi connectivity index (χ1) is 11.9. The van der Waals surface area contributed by atoms with Crippen molar-refractivity contribution in [1.82, 2.24) is 30.7 Å². The fraction of sp³-hybridized carbons (Fsp3) is 0.250. The van der Waals surface area contributed by atoms with Crippen molar-refractivity contribution in [3.8, 4) is 11.3 Å². The maximum absolute atomic E-state index is 4.61. The first-order valence-electron chi connectivity index (χ1n) is 7.90. The van der Waals surface area contributed by atoms with Gasteiger partial charge < -0.3 is 15.5 Å². The van der Waals surface area contributed by atoms with Crippen LogP contribution in [0.5, 0.6) is 0 Å². The third-order valence-electron chi connectivity index (χ3n) is 3.91. The summed E-state index contributed by atoms with van der Waals surface area (Å²) in [5, 5.41) is 17.2. The van der Waals surface area contributed by atoms with Gasteiger partial charge >= 0.3 is 0 Å². The van der Waals surface area contributed by atoms with Crippen molar-refractivity contribution < 1.29 is 0 Å². The summed E-state index contributed by atoms with van der Waals surface area (Å²) in [5.74, 6) is 1.55. The highest BCUT2D eigenvalue weighted by Gasteiger charge is 2.13. The number of hydrogen-bond donors (Lipinski definition) is 3. The Morgan fingerprint density at radius 2 is 1.88 bits per heavy atom. The predicted molar refractivity (Wildman–Crippen MR) is 92.2 cm³/mol. The number of aromatic amines is 1. The number of rotatable bonds is 4. The van der Waals surface area contributed by atoms with E-state index in [2.05, 4.69) is 40.9 Å². The fourth-order valence-electron chi connectivity index (χ4n) is 2.65. The van der Waals surface area contributed by atoms with Crippen LogP contribution in [0.15, 0.2) is 42.7 Å². The van der Waals surface area contributed by atoms with E-state index in [-0.39, 0.29) is 0 Å². The van der Waals surface area contributed by atoms with Crippen LogP contribution in [0.3, 0.4) is 0 Å². The van der Waals surface area contributed by atoms with Gasteiger partial charge in [-0.05, 0) is 18.2 Å². The average molecular weight is 322 g/mol. The molecule has 1 saturated heterocycles. The molecule has 8 heteroatoms. The zero-order chi connectivity index (χ0) is 16.2. The second-order valence-corrected chi connectivity index (χ2v) is 5.54. The smallest absolute Gasteiger partial charge is 0.227 e. The Morgan fingerprint density at radius 1 is 1.04 bits per heavy atom. The Balaban J connectivity index is 1.48. The van der Waals surface area contributed by atoms with Gasteiger partial charge in [-0.3, -0.25) is 0 Å². The van der Waals surface area contributed by atoms with Gasteiger partial charge in [-0.1, -0.05) is 12.1 Å². The van der Waals surface area contributed by atoms with Crippen LogP contribution in [0.4, 0.5) is 17.5 Å². The third-order valence-corrected chi connectivity index (χ3v) is 3.91. The molecule has 0 spiro atoms. The van der Waals surface area contributed by atoms with E-state index >= 15 is 0 Å². The maximum Gasteiger partial charge on any atom is 0.227 e. The zero-order valence-electron chi connectivity index (χ0n) is 13.1. The standard InChI is InChI=1S/C16H18N8/c1-3-13(4-2-12(1)14-11-19-23-22-14)20-15-5-6-18-16(21-15)24-9-7-17-8-10-24/h1-6,11,17H,7-10H2,(H,18,20,21)(H,19,22,23). The topological polar surface area (TPSA) is 94.7 Å². The molecule has 0 saturated carbocycles. The molecular weight excluding hydrogens is 304 g/mol. The van der Waals surface area contributed by atoms with Crippen LogP contribution in [0, 0.1) is 0 Å². The number of benzene rings is 1. The molecule has 1 aromatic carbocycles. The maximum atomic E-state index is 4.61. The highest BCUT2D eigenvalue weighted by atomic mass is 15.3. The summed E-state index contributed by atoms with van der Waals surface area (Å²) in [4.78, 5) is 11.2. The van der Waals surface area contributed by atoms with E-state index in [1.165, 1.54) is 0 Å². The molecule has 0 amide bonds. The molecule has 1 aliphatic heterocycles. The van der Waals surface area contributed by atoms with Gasteiger partial charge in [-0.25, -0.2) is 4.98 Å². The molecule has 1 aliphatic rings. The lowest BCUT2D eigenvalue weighted by Gasteiger charge is -2.27. The number of H-pyrrole nitrogens is 1. The van der Waals surface area contributed by atoms with Crippen molar-refractivity contribution in [3.63, 3.8) is 0 Å². The lowest BCUT2D eigenvalue weighted by Crippen LogP contribution is -2.44. The van der Waals surface area contributed by atoms with Gasteiger partial charge in [-0.2, -0.15) is 20.4 Å². The molecule has 0 atom stereocenters. The molecule has 3 heterocycles. The summed E-state index contributed by atoms with van der Waals surface area (Å²) in [5.41, 5.74) is 2.80. The van der Waals surface area contributed by atoms with Crippen molar-refractivity contribution in [3.05, 3.63) is 42.7 Å². The Bertz CT molecular complexity index is 778. The first kappa shape index (κ1) is 14.6. The van der Waals surface area contributed by atoms with Crippen LogP contribution in [0.25, 0.3) is 11.3 Å². The lowest BCUT2D eigenvalue weighted by molar-refractivity contribution is 0.580. The van der Waals surface area contributed by atoms with E-state index in [0.29, 0.717) is 0 Å². The summed E-state index contributed by atoms with van der Waals surface area (Å²) in [6.07, 6.45) is 3.49. The molecule has 0 radical (unpaired) electrons. The molecule has 2 aromatic heterocycles. The Kier molecular flexibility index (Phi) is 4.03. The molecule has 24 heavy (non-hydrogen) atoms. The van der Waals surface area contributed by atoms with Crippen molar-refractivity contribution in [1.29, 1.82) is 0 Å². The van der Waals surface area contributed by atoms with E-state index in [9.17, 15) is 0 Å². The third kappa shape index (κ3) is 3.18. The average Bonchev–Trinajstić information content (AvgIpc) is 3.18. The van der Waals surface area contributed by atoms with Crippen molar-refractivity contribution >= 4 is 17.5 Å².